The maximum atomic E-state index is 11.0. The molecule has 0 aromatic heterocycles. The number of hydrogen-bond acceptors (Lipinski definition) is 4. The molecule has 0 heterocycles. The lowest BCUT2D eigenvalue weighted by atomic mass is 10.1. The molecule has 4 heteroatoms. The first-order valence-corrected chi connectivity index (χ1v) is 6.26. The van der Waals surface area contributed by atoms with E-state index in [9.17, 15) is 4.79 Å². The maximum Gasteiger partial charge on any atom is 0.305 e. The third-order valence-electron chi connectivity index (χ3n) is 3.19. The SMILES string of the molecule is COC(=O)CCCOc1cccc2c1CC(N)C2. The molecule has 0 saturated heterocycles. The van der Waals surface area contributed by atoms with Crippen molar-refractivity contribution in [1.29, 1.82) is 0 Å². The molecule has 0 spiro atoms. The van der Waals surface area contributed by atoms with Crippen LogP contribution in [-0.2, 0) is 22.4 Å². The molecule has 4 nitrogen and oxygen atoms in total. The molecule has 0 radical (unpaired) electrons. The third-order valence-corrected chi connectivity index (χ3v) is 3.19. The lowest BCUT2D eigenvalue weighted by Gasteiger charge is -2.10. The zero-order valence-electron chi connectivity index (χ0n) is 10.6. The number of carbonyl (C=O) groups is 1. The molecular formula is C14H19NO3. The van der Waals surface area contributed by atoms with Gasteiger partial charge < -0.3 is 15.2 Å². The van der Waals surface area contributed by atoms with Crippen molar-refractivity contribution in [3.8, 4) is 5.75 Å². The van der Waals surface area contributed by atoms with Crippen LogP contribution in [0.25, 0.3) is 0 Å². The molecule has 1 unspecified atom stereocenters. The summed E-state index contributed by atoms with van der Waals surface area (Å²) >= 11 is 0. The van der Waals surface area contributed by atoms with E-state index in [0.717, 1.165) is 18.6 Å². The molecule has 1 aliphatic rings. The highest BCUT2D eigenvalue weighted by atomic mass is 16.5. The number of benzene rings is 1. The monoisotopic (exact) mass is 249 g/mol. The van der Waals surface area contributed by atoms with Crippen LogP contribution in [0.15, 0.2) is 18.2 Å². The van der Waals surface area contributed by atoms with Gasteiger partial charge in [0.15, 0.2) is 0 Å². The van der Waals surface area contributed by atoms with Gasteiger partial charge in [0.1, 0.15) is 5.75 Å². The van der Waals surface area contributed by atoms with Crippen molar-refractivity contribution >= 4 is 5.97 Å². The maximum absolute atomic E-state index is 11.0. The number of carbonyl (C=O) groups excluding carboxylic acids is 1. The number of rotatable bonds is 5. The van der Waals surface area contributed by atoms with Crippen LogP contribution in [0.3, 0.4) is 0 Å². The van der Waals surface area contributed by atoms with Gasteiger partial charge in [0, 0.05) is 12.5 Å². The van der Waals surface area contributed by atoms with Gasteiger partial charge in [-0.3, -0.25) is 4.79 Å². The standard InChI is InChI=1S/C14H19NO3/c1-17-14(16)6-3-7-18-13-5-2-4-10-8-11(15)9-12(10)13/h2,4-5,11H,3,6-9,15H2,1H3. The van der Waals surface area contributed by atoms with E-state index in [-0.39, 0.29) is 12.0 Å². The van der Waals surface area contributed by atoms with Crippen LogP contribution in [0.4, 0.5) is 0 Å². The summed E-state index contributed by atoms with van der Waals surface area (Å²) in [5.41, 5.74) is 8.46. The summed E-state index contributed by atoms with van der Waals surface area (Å²) in [6.07, 6.45) is 2.87. The summed E-state index contributed by atoms with van der Waals surface area (Å²) in [5, 5.41) is 0. The Balaban J connectivity index is 1.87. The van der Waals surface area contributed by atoms with Crippen molar-refractivity contribution in [3.63, 3.8) is 0 Å². The first kappa shape index (κ1) is 12.9. The summed E-state index contributed by atoms with van der Waals surface area (Å²) in [5.74, 6) is 0.712. The average molecular weight is 249 g/mol. The number of hydrogen-bond donors (Lipinski definition) is 1. The fourth-order valence-corrected chi connectivity index (χ4v) is 2.29. The Hall–Kier alpha value is -1.55. The number of nitrogens with two attached hydrogens (primary N) is 1. The minimum atomic E-state index is -0.195. The lowest BCUT2D eigenvalue weighted by molar-refractivity contribution is -0.140. The molecule has 0 bridgehead atoms. The van der Waals surface area contributed by atoms with Crippen molar-refractivity contribution in [1.82, 2.24) is 0 Å². The normalized spacial score (nSPS) is 17.3. The Labute approximate surface area is 107 Å². The van der Waals surface area contributed by atoms with E-state index < -0.39 is 0 Å². The zero-order valence-corrected chi connectivity index (χ0v) is 10.6. The van der Waals surface area contributed by atoms with E-state index in [1.807, 2.05) is 12.1 Å². The quantitative estimate of drug-likeness (QED) is 0.633. The summed E-state index contributed by atoms with van der Waals surface area (Å²) in [6.45, 7) is 0.529. The first-order chi connectivity index (χ1) is 8.70. The Morgan fingerprint density at radius 3 is 3.06 bits per heavy atom. The molecule has 0 fully saturated rings. The molecule has 0 saturated carbocycles. The molecular weight excluding hydrogens is 230 g/mol. The zero-order chi connectivity index (χ0) is 13.0. The van der Waals surface area contributed by atoms with Crippen LogP contribution in [0.1, 0.15) is 24.0 Å². The highest BCUT2D eigenvalue weighted by molar-refractivity contribution is 5.69. The van der Waals surface area contributed by atoms with Gasteiger partial charge in [0.05, 0.1) is 13.7 Å². The van der Waals surface area contributed by atoms with Crippen LogP contribution in [0.5, 0.6) is 5.75 Å². The molecule has 98 valence electrons. The minimum absolute atomic E-state index is 0.195. The summed E-state index contributed by atoms with van der Waals surface area (Å²) in [4.78, 5) is 11.0. The third kappa shape index (κ3) is 3.01. The number of ether oxygens (including phenoxy) is 2. The van der Waals surface area contributed by atoms with Gasteiger partial charge in [-0.15, -0.1) is 0 Å². The van der Waals surface area contributed by atoms with Crippen LogP contribution in [0.2, 0.25) is 0 Å². The summed E-state index contributed by atoms with van der Waals surface area (Å²) in [6, 6.07) is 6.27. The van der Waals surface area contributed by atoms with Crippen molar-refractivity contribution in [2.45, 2.75) is 31.7 Å². The largest absolute Gasteiger partial charge is 0.493 e. The van der Waals surface area contributed by atoms with Crippen molar-refractivity contribution in [3.05, 3.63) is 29.3 Å². The van der Waals surface area contributed by atoms with E-state index in [4.69, 9.17) is 10.5 Å². The molecule has 1 aromatic carbocycles. The average Bonchev–Trinajstić information content (AvgIpc) is 2.75. The fraction of sp³-hybridized carbons (Fsp3) is 0.500. The van der Waals surface area contributed by atoms with Gasteiger partial charge in [-0.2, -0.15) is 0 Å². The molecule has 1 aliphatic carbocycles. The summed E-state index contributed by atoms with van der Waals surface area (Å²) in [7, 11) is 1.40. The second-order valence-electron chi connectivity index (χ2n) is 4.59. The molecule has 1 atom stereocenters. The summed E-state index contributed by atoms with van der Waals surface area (Å²) < 4.78 is 10.3. The molecule has 18 heavy (non-hydrogen) atoms. The van der Waals surface area contributed by atoms with Gasteiger partial charge in [0.25, 0.3) is 0 Å². The van der Waals surface area contributed by atoms with Gasteiger partial charge in [-0.1, -0.05) is 12.1 Å². The lowest BCUT2D eigenvalue weighted by Crippen LogP contribution is -2.19. The number of esters is 1. The predicted molar refractivity (Wildman–Crippen MR) is 68.6 cm³/mol. The van der Waals surface area contributed by atoms with Gasteiger partial charge in [-0.05, 0) is 36.5 Å². The molecule has 0 aliphatic heterocycles. The molecule has 2 rings (SSSR count). The molecule has 0 amide bonds. The highest BCUT2D eigenvalue weighted by Gasteiger charge is 2.21. The Bertz CT molecular complexity index is 431. The minimum Gasteiger partial charge on any atom is -0.493 e. The van der Waals surface area contributed by atoms with Crippen LogP contribution < -0.4 is 10.5 Å². The smallest absolute Gasteiger partial charge is 0.305 e. The Morgan fingerprint density at radius 2 is 2.28 bits per heavy atom. The van der Waals surface area contributed by atoms with Crippen molar-refractivity contribution in [2.75, 3.05) is 13.7 Å². The van der Waals surface area contributed by atoms with E-state index in [2.05, 4.69) is 10.8 Å². The Morgan fingerprint density at radius 1 is 1.44 bits per heavy atom. The van der Waals surface area contributed by atoms with E-state index in [0.29, 0.717) is 19.4 Å². The second kappa shape index (κ2) is 5.87. The number of methoxy groups -OCH3 is 1. The van der Waals surface area contributed by atoms with Gasteiger partial charge in [-0.25, -0.2) is 0 Å². The van der Waals surface area contributed by atoms with E-state index in [1.54, 1.807) is 0 Å². The van der Waals surface area contributed by atoms with E-state index >= 15 is 0 Å². The molecule has 2 N–H and O–H groups in total. The fourth-order valence-electron chi connectivity index (χ4n) is 2.29. The van der Waals surface area contributed by atoms with Crippen LogP contribution >= 0.6 is 0 Å². The van der Waals surface area contributed by atoms with Crippen LogP contribution in [0, 0.1) is 0 Å². The first-order valence-electron chi connectivity index (χ1n) is 6.26. The van der Waals surface area contributed by atoms with Crippen LogP contribution in [-0.4, -0.2) is 25.7 Å². The van der Waals surface area contributed by atoms with Crippen molar-refractivity contribution < 1.29 is 14.3 Å². The number of fused-ring (bicyclic) bond motifs is 1. The van der Waals surface area contributed by atoms with E-state index in [1.165, 1.54) is 18.2 Å². The highest BCUT2D eigenvalue weighted by Crippen LogP contribution is 2.30. The van der Waals surface area contributed by atoms with Gasteiger partial charge >= 0.3 is 5.97 Å². The Kier molecular flexibility index (Phi) is 4.20. The molecule has 1 aromatic rings. The predicted octanol–water partition coefficient (Wildman–Crippen LogP) is 1.44. The van der Waals surface area contributed by atoms with Crippen molar-refractivity contribution in [2.24, 2.45) is 5.73 Å². The topological polar surface area (TPSA) is 61.5 Å². The van der Waals surface area contributed by atoms with Gasteiger partial charge in [0.2, 0.25) is 0 Å². The second-order valence-corrected chi connectivity index (χ2v) is 4.59.